The molecule has 2 aromatic rings. The Kier molecular flexibility index (Phi) is 10.2. The Hall–Kier alpha value is -4.19. The van der Waals surface area contributed by atoms with Gasteiger partial charge in [0.2, 0.25) is 17.7 Å². The maximum Gasteiger partial charge on any atom is 0.253 e. The molecule has 12 heteroatoms. The predicted octanol–water partition coefficient (Wildman–Crippen LogP) is 2.05. The summed E-state index contributed by atoms with van der Waals surface area (Å²) in [5, 5.41) is 8.64. The molecule has 12 nitrogen and oxygen atoms in total. The summed E-state index contributed by atoms with van der Waals surface area (Å²) in [6.45, 7) is 4.81. The van der Waals surface area contributed by atoms with E-state index in [4.69, 9.17) is 14.2 Å². The molecule has 1 fully saturated rings. The highest BCUT2D eigenvalue weighted by atomic mass is 16.5. The highest BCUT2D eigenvalue weighted by Crippen LogP contribution is 2.40. The van der Waals surface area contributed by atoms with Gasteiger partial charge in [-0.1, -0.05) is 13.8 Å². The van der Waals surface area contributed by atoms with Crippen molar-refractivity contribution in [3.05, 3.63) is 41.7 Å². The second-order valence-corrected chi connectivity index (χ2v) is 11.4. The lowest BCUT2D eigenvalue weighted by Crippen LogP contribution is -2.56. The van der Waals surface area contributed by atoms with Crippen molar-refractivity contribution in [3.8, 4) is 22.6 Å². The zero-order valence-corrected chi connectivity index (χ0v) is 25.5. The Morgan fingerprint density at radius 2 is 1.81 bits per heavy atom. The molecule has 1 saturated carbocycles. The number of hydrogen-bond donors (Lipinski definition) is 3. The van der Waals surface area contributed by atoms with E-state index in [9.17, 15) is 19.2 Å². The van der Waals surface area contributed by atoms with Crippen LogP contribution in [0.25, 0.3) is 11.1 Å². The summed E-state index contributed by atoms with van der Waals surface area (Å²) in [7, 11) is 4.58. The van der Waals surface area contributed by atoms with Gasteiger partial charge in [0, 0.05) is 50.3 Å². The Morgan fingerprint density at radius 1 is 1.07 bits per heavy atom. The molecule has 3 N–H and O–H groups in total. The monoisotopic (exact) mass is 595 g/mol. The van der Waals surface area contributed by atoms with Crippen LogP contribution in [0.2, 0.25) is 0 Å². The van der Waals surface area contributed by atoms with E-state index < -0.39 is 23.4 Å². The first-order chi connectivity index (χ1) is 20.6. The van der Waals surface area contributed by atoms with E-state index in [0.29, 0.717) is 41.9 Å². The first-order valence-electron chi connectivity index (χ1n) is 14.5. The molecular formula is C31H41N5O7. The first-order valence-corrected chi connectivity index (χ1v) is 14.5. The number of benzene rings is 1. The van der Waals surface area contributed by atoms with E-state index in [-0.39, 0.29) is 56.0 Å². The normalized spacial score (nSPS) is 18.7. The van der Waals surface area contributed by atoms with E-state index in [1.807, 2.05) is 19.9 Å². The van der Waals surface area contributed by atoms with Gasteiger partial charge in [0.05, 0.1) is 32.8 Å². The number of aromatic nitrogens is 1. The van der Waals surface area contributed by atoms with E-state index in [0.717, 1.165) is 5.56 Å². The van der Waals surface area contributed by atoms with E-state index >= 15 is 0 Å². The standard InChI is InChI=1S/C31H41N5O7/c1-19(2)12-24-29(39)33-9-10-36(26(37)6-11-41-3)18-20-13-23(27(43-5)25(14-20)42-4)21-15-22(17-32-16-21)28(38)35-31(7-8-31)30(40)34-24/h13-17,19,24H,6-12,18H2,1-5H3,(H,33,39)(H,34,40)(H,35,38)/t24-/m1/s1. The van der Waals surface area contributed by atoms with Gasteiger partial charge < -0.3 is 35.1 Å². The molecule has 2 aliphatic rings. The molecule has 1 spiro atoms. The Bertz CT molecular complexity index is 1360. The molecule has 1 aromatic heterocycles. The fraction of sp³-hybridized carbons (Fsp3) is 0.516. The van der Waals surface area contributed by atoms with Crippen LogP contribution in [0.1, 0.15) is 55.5 Å². The average molecular weight is 596 g/mol. The van der Waals surface area contributed by atoms with E-state index in [2.05, 4.69) is 20.9 Å². The molecule has 0 radical (unpaired) electrons. The van der Waals surface area contributed by atoms with Crippen LogP contribution < -0.4 is 25.4 Å². The number of carbonyl (C=O) groups excluding carboxylic acids is 4. The van der Waals surface area contributed by atoms with Crippen molar-refractivity contribution in [2.24, 2.45) is 5.92 Å². The third-order valence-electron chi connectivity index (χ3n) is 7.64. The fourth-order valence-electron chi connectivity index (χ4n) is 5.16. The highest BCUT2D eigenvalue weighted by Gasteiger charge is 2.52. The van der Waals surface area contributed by atoms with Crippen molar-refractivity contribution in [1.82, 2.24) is 25.8 Å². The molecule has 1 atom stereocenters. The summed E-state index contributed by atoms with van der Waals surface area (Å²) in [6, 6.07) is 4.55. The molecule has 1 aromatic carbocycles. The van der Waals surface area contributed by atoms with Gasteiger partial charge in [-0.25, -0.2) is 0 Å². The lowest BCUT2D eigenvalue weighted by molar-refractivity contribution is -0.133. The average Bonchev–Trinajstić information content (AvgIpc) is 3.78. The number of methoxy groups -OCH3 is 3. The number of amides is 4. The highest BCUT2D eigenvalue weighted by molar-refractivity contribution is 6.02. The van der Waals surface area contributed by atoms with Crippen LogP contribution in [0.3, 0.4) is 0 Å². The van der Waals surface area contributed by atoms with Gasteiger partial charge in [-0.05, 0) is 48.9 Å². The maximum absolute atomic E-state index is 13.4. The summed E-state index contributed by atoms with van der Waals surface area (Å²) >= 11 is 0. The van der Waals surface area contributed by atoms with E-state index in [1.54, 1.807) is 23.2 Å². The number of nitrogens with one attached hydrogen (secondary N) is 3. The molecule has 1 aliphatic heterocycles. The Labute approximate surface area is 251 Å². The Morgan fingerprint density at radius 3 is 2.47 bits per heavy atom. The SMILES string of the molecule is COCCC(=O)N1CCNC(=O)[C@@H](CC(C)C)NC(=O)C2(CC2)NC(=O)c2cncc(c2)-c2cc(cc(OC)c2OC)C1. The summed E-state index contributed by atoms with van der Waals surface area (Å²) < 4.78 is 16.5. The Balaban J connectivity index is 1.78. The number of rotatable bonds is 7. The fourth-order valence-corrected chi connectivity index (χ4v) is 5.16. The summed E-state index contributed by atoms with van der Waals surface area (Å²) in [6.07, 6.45) is 4.55. The van der Waals surface area contributed by atoms with Crippen molar-refractivity contribution < 1.29 is 33.4 Å². The van der Waals surface area contributed by atoms with Crippen LogP contribution in [0.15, 0.2) is 30.6 Å². The van der Waals surface area contributed by atoms with Crippen LogP contribution in [0.4, 0.5) is 0 Å². The van der Waals surface area contributed by atoms with Crippen molar-refractivity contribution in [3.63, 3.8) is 0 Å². The lowest BCUT2D eigenvalue weighted by atomic mass is 10.00. The van der Waals surface area contributed by atoms with Crippen molar-refractivity contribution >= 4 is 23.6 Å². The van der Waals surface area contributed by atoms with Gasteiger partial charge in [-0.2, -0.15) is 0 Å². The number of ether oxygens (including phenoxy) is 3. The molecule has 0 saturated heterocycles. The molecule has 4 bridgehead atoms. The number of carbonyl (C=O) groups is 4. The molecule has 232 valence electrons. The number of fused-ring (bicyclic) bond motifs is 5. The van der Waals surface area contributed by atoms with E-state index in [1.165, 1.54) is 27.5 Å². The van der Waals surface area contributed by atoms with Crippen LogP contribution in [0, 0.1) is 5.92 Å². The topological polar surface area (TPSA) is 148 Å². The van der Waals surface area contributed by atoms with Gasteiger partial charge in [-0.3, -0.25) is 24.2 Å². The molecule has 1 aliphatic carbocycles. The largest absolute Gasteiger partial charge is 0.493 e. The van der Waals surface area contributed by atoms with Crippen molar-refractivity contribution in [2.75, 3.05) is 41.0 Å². The number of nitrogens with zero attached hydrogens (tertiary/aromatic N) is 2. The quantitative estimate of drug-likeness (QED) is 0.441. The van der Waals surface area contributed by atoms with Gasteiger partial charge in [0.15, 0.2) is 11.5 Å². The second-order valence-electron chi connectivity index (χ2n) is 11.4. The summed E-state index contributed by atoms with van der Waals surface area (Å²) in [5.41, 5.74) is 1.13. The molecule has 43 heavy (non-hydrogen) atoms. The maximum atomic E-state index is 13.4. The van der Waals surface area contributed by atoms with Gasteiger partial charge >= 0.3 is 0 Å². The molecule has 4 amide bonds. The minimum absolute atomic E-state index is 0.124. The minimum atomic E-state index is -1.10. The molecular weight excluding hydrogens is 554 g/mol. The number of pyridine rings is 1. The smallest absolute Gasteiger partial charge is 0.253 e. The summed E-state index contributed by atoms with van der Waals surface area (Å²) in [4.78, 5) is 59.2. The van der Waals surface area contributed by atoms with Crippen molar-refractivity contribution in [2.45, 2.75) is 57.7 Å². The molecule has 0 unspecified atom stereocenters. The molecule has 2 heterocycles. The van der Waals surface area contributed by atoms with Crippen LogP contribution in [-0.2, 0) is 25.7 Å². The zero-order valence-electron chi connectivity index (χ0n) is 25.5. The first kappa shape index (κ1) is 31.7. The van der Waals surface area contributed by atoms with Crippen molar-refractivity contribution in [1.29, 1.82) is 0 Å². The lowest BCUT2D eigenvalue weighted by Gasteiger charge is -2.26. The van der Waals surface area contributed by atoms with Gasteiger partial charge in [0.25, 0.3) is 5.91 Å². The second kappa shape index (κ2) is 13.9. The summed E-state index contributed by atoms with van der Waals surface area (Å²) in [5.74, 6) is -0.336. The molecule has 4 rings (SSSR count). The third kappa shape index (κ3) is 7.61. The minimum Gasteiger partial charge on any atom is -0.493 e. The zero-order chi connectivity index (χ0) is 31.1. The van der Waals surface area contributed by atoms with Crippen LogP contribution in [0.5, 0.6) is 11.5 Å². The van der Waals surface area contributed by atoms with Crippen LogP contribution in [-0.4, -0.2) is 86.1 Å². The number of hydrogen-bond acceptors (Lipinski definition) is 8. The predicted molar refractivity (Wildman–Crippen MR) is 159 cm³/mol. The van der Waals surface area contributed by atoms with Crippen LogP contribution >= 0.6 is 0 Å². The van der Waals surface area contributed by atoms with Gasteiger partial charge in [0.1, 0.15) is 11.6 Å². The third-order valence-corrected chi connectivity index (χ3v) is 7.64. The van der Waals surface area contributed by atoms with Gasteiger partial charge in [-0.15, -0.1) is 0 Å².